The quantitative estimate of drug-likeness (QED) is 0.484. The first-order valence-corrected chi connectivity index (χ1v) is 12.2. The molecule has 0 saturated heterocycles. The van der Waals surface area contributed by atoms with Gasteiger partial charge in [-0.05, 0) is 80.4 Å². The van der Waals surface area contributed by atoms with Crippen LogP contribution in [0.15, 0.2) is 71.6 Å². The maximum absolute atomic E-state index is 13.5. The van der Waals surface area contributed by atoms with Crippen molar-refractivity contribution < 1.29 is 17.9 Å². The van der Waals surface area contributed by atoms with Crippen LogP contribution in [0.2, 0.25) is 5.02 Å². The summed E-state index contributed by atoms with van der Waals surface area (Å²) in [5, 5.41) is 3.39. The van der Waals surface area contributed by atoms with Crippen molar-refractivity contribution >= 4 is 33.2 Å². The van der Waals surface area contributed by atoms with Gasteiger partial charge in [-0.25, -0.2) is 8.42 Å². The normalized spacial score (nSPS) is 12.2. The van der Waals surface area contributed by atoms with Crippen LogP contribution in [0.1, 0.15) is 29.7 Å². The number of nitrogens with zero attached hydrogens (tertiary/aromatic N) is 1. The highest BCUT2D eigenvalue weighted by atomic mass is 35.5. The standard InChI is InChI=1S/C25H27ClN2O4S/c1-17-5-6-18(2)24(15-17)19(3)27-25(29)16-28(21-9-7-20(26)8-10-21)33(30,31)23-13-11-22(32-4)12-14-23/h5-15,19H,16H2,1-4H3,(H,27,29). The van der Waals surface area contributed by atoms with Crippen molar-refractivity contribution in [2.45, 2.75) is 31.7 Å². The van der Waals surface area contributed by atoms with E-state index < -0.39 is 15.9 Å². The van der Waals surface area contributed by atoms with E-state index in [1.165, 1.54) is 19.2 Å². The maximum atomic E-state index is 13.5. The van der Waals surface area contributed by atoms with Crippen LogP contribution in [0, 0.1) is 13.8 Å². The molecule has 33 heavy (non-hydrogen) atoms. The number of carbonyl (C=O) groups is 1. The summed E-state index contributed by atoms with van der Waals surface area (Å²) < 4.78 is 33.2. The van der Waals surface area contributed by atoms with Crippen molar-refractivity contribution in [2.24, 2.45) is 0 Å². The van der Waals surface area contributed by atoms with Crippen molar-refractivity contribution in [2.75, 3.05) is 18.0 Å². The summed E-state index contributed by atoms with van der Waals surface area (Å²) in [6.45, 7) is 5.46. The summed E-state index contributed by atoms with van der Waals surface area (Å²) >= 11 is 5.99. The molecule has 0 heterocycles. The molecule has 0 aliphatic rings. The van der Waals surface area contributed by atoms with Crippen LogP contribution in [0.3, 0.4) is 0 Å². The second-order valence-corrected chi connectivity index (χ2v) is 10.1. The van der Waals surface area contributed by atoms with Gasteiger partial charge in [-0.1, -0.05) is 35.4 Å². The highest BCUT2D eigenvalue weighted by Gasteiger charge is 2.28. The molecule has 0 aliphatic carbocycles. The fourth-order valence-electron chi connectivity index (χ4n) is 3.52. The fourth-order valence-corrected chi connectivity index (χ4v) is 5.07. The molecule has 0 saturated carbocycles. The molecule has 3 rings (SSSR count). The number of anilines is 1. The van der Waals surface area contributed by atoms with Crippen LogP contribution in [0.25, 0.3) is 0 Å². The van der Waals surface area contributed by atoms with Crippen molar-refractivity contribution in [3.8, 4) is 5.75 Å². The largest absolute Gasteiger partial charge is 0.497 e. The molecule has 1 amide bonds. The predicted octanol–water partition coefficient (Wildman–Crippen LogP) is 5.04. The Kier molecular flexibility index (Phi) is 7.66. The highest BCUT2D eigenvalue weighted by Crippen LogP contribution is 2.27. The van der Waals surface area contributed by atoms with Crippen molar-refractivity contribution in [1.82, 2.24) is 5.32 Å². The first-order valence-electron chi connectivity index (χ1n) is 10.4. The van der Waals surface area contributed by atoms with Crippen LogP contribution in [0.5, 0.6) is 5.75 Å². The third-order valence-electron chi connectivity index (χ3n) is 5.33. The number of carbonyl (C=O) groups excluding carboxylic acids is 1. The van der Waals surface area contributed by atoms with Gasteiger partial charge < -0.3 is 10.1 Å². The number of ether oxygens (including phenoxy) is 1. The molecule has 174 valence electrons. The lowest BCUT2D eigenvalue weighted by Gasteiger charge is -2.25. The molecule has 0 bridgehead atoms. The van der Waals surface area contributed by atoms with Gasteiger partial charge in [0.15, 0.2) is 0 Å². The minimum atomic E-state index is -4.03. The Morgan fingerprint density at radius 2 is 1.67 bits per heavy atom. The minimum absolute atomic E-state index is 0.0497. The monoisotopic (exact) mass is 486 g/mol. The summed E-state index contributed by atoms with van der Waals surface area (Å²) in [6, 6.07) is 18.1. The third kappa shape index (κ3) is 5.86. The molecule has 1 unspecified atom stereocenters. The zero-order valence-electron chi connectivity index (χ0n) is 19.0. The number of benzene rings is 3. The lowest BCUT2D eigenvalue weighted by molar-refractivity contribution is -0.120. The molecule has 0 radical (unpaired) electrons. The number of amides is 1. The number of halogens is 1. The maximum Gasteiger partial charge on any atom is 0.264 e. The van der Waals surface area contributed by atoms with Gasteiger partial charge in [0.25, 0.3) is 10.0 Å². The number of nitrogens with one attached hydrogen (secondary N) is 1. The lowest BCUT2D eigenvalue weighted by Crippen LogP contribution is -2.41. The molecule has 0 fully saturated rings. The molecular weight excluding hydrogens is 460 g/mol. The smallest absolute Gasteiger partial charge is 0.264 e. The zero-order valence-corrected chi connectivity index (χ0v) is 20.6. The number of sulfonamides is 1. The zero-order chi connectivity index (χ0) is 24.2. The highest BCUT2D eigenvalue weighted by molar-refractivity contribution is 7.92. The number of rotatable bonds is 8. The predicted molar refractivity (Wildman–Crippen MR) is 131 cm³/mol. The summed E-state index contributed by atoms with van der Waals surface area (Å²) in [5.74, 6) is 0.113. The second kappa shape index (κ2) is 10.3. The van der Waals surface area contributed by atoms with Crippen molar-refractivity contribution in [3.63, 3.8) is 0 Å². The van der Waals surface area contributed by atoms with Crippen LogP contribution >= 0.6 is 11.6 Å². The Morgan fingerprint density at radius 1 is 1.03 bits per heavy atom. The number of methoxy groups -OCH3 is 1. The van der Waals surface area contributed by atoms with Crippen LogP contribution < -0.4 is 14.4 Å². The van der Waals surface area contributed by atoms with Crippen LogP contribution in [0.4, 0.5) is 5.69 Å². The van der Waals surface area contributed by atoms with E-state index in [2.05, 4.69) is 5.32 Å². The molecule has 1 N–H and O–H groups in total. The summed E-state index contributed by atoms with van der Waals surface area (Å²) in [6.07, 6.45) is 0. The van der Waals surface area contributed by atoms with E-state index in [1.807, 2.05) is 39.0 Å². The Hall–Kier alpha value is -3.03. The molecular formula is C25H27ClN2O4S. The van der Waals surface area contributed by atoms with Crippen LogP contribution in [-0.2, 0) is 14.8 Å². The van der Waals surface area contributed by atoms with Gasteiger partial charge in [0.1, 0.15) is 12.3 Å². The topological polar surface area (TPSA) is 75.7 Å². The minimum Gasteiger partial charge on any atom is -0.497 e. The number of hydrogen-bond acceptors (Lipinski definition) is 4. The van der Waals surface area contributed by atoms with Crippen molar-refractivity contribution in [1.29, 1.82) is 0 Å². The third-order valence-corrected chi connectivity index (χ3v) is 7.37. The van der Waals surface area contributed by atoms with E-state index in [0.717, 1.165) is 21.0 Å². The van der Waals surface area contributed by atoms with Gasteiger partial charge >= 0.3 is 0 Å². The molecule has 6 nitrogen and oxygen atoms in total. The van der Waals surface area contributed by atoms with E-state index in [4.69, 9.17) is 16.3 Å². The lowest BCUT2D eigenvalue weighted by atomic mass is 10.00. The van der Waals surface area contributed by atoms with E-state index in [0.29, 0.717) is 16.5 Å². The average Bonchev–Trinajstić information content (AvgIpc) is 2.79. The fraction of sp³-hybridized carbons (Fsp3) is 0.240. The Bertz CT molecular complexity index is 1230. The van der Waals surface area contributed by atoms with E-state index >= 15 is 0 Å². The summed E-state index contributed by atoms with van der Waals surface area (Å²) in [4.78, 5) is 13.0. The van der Waals surface area contributed by atoms with E-state index in [-0.39, 0.29) is 17.5 Å². The Morgan fingerprint density at radius 3 is 2.27 bits per heavy atom. The summed E-state index contributed by atoms with van der Waals surface area (Å²) in [7, 11) is -2.52. The molecule has 0 spiro atoms. The summed E-state index contributed by atoms with van der Waals surface area (Å²) in [5.41, 5.74) is 3.46. The molecule has 0 aromatic heterocycles. The average molecular weight is 487 g/mol. The second-order valence-electron chi connectivity index (χ2n) is 7.81. The van der Waals surface area contributed by atoms with E-state index in [9.17, 15) is 13.2 Å². The molecule has 8 heteroatoms. The van der Waals surface area contributed by atoms with Gasteiger partial charge in [0, 0.05) is 5.02 Å². The van der Waals surface area contributed by atoms with Gasteiger partial charge in [0.2, 0.25) is 5.91 Å². The SMILES string of the molecule is COc1ccc(S(=O)(=O)N(CC(=O)NC(C)c2cc(C)ccc2C)c2ccc(Cl)cc2)cc1. The molecule has 3 aromatic carbocycles. The Labute approximate surface area is 200 Å². The van der Waals surface area contributed by atoms with Gasteiger partial charge in [-0.15, -0.1) is 0 Å². The van der Waals surface area contributed by atoms with E-state index in [1.54, 1.807) is 36.4 Å². The molecule has 0 aliphatic heterocycles. The number of hydrogen-bond donors (Lipinski definition) is 1. The van der Waals surface area contributed by atoms with Gasteiger partial charge in [0.05, 0.1) is 23.7 Å². The molecule has 3 aromatic rings. The first kappa shape index (κ1) is 24.6. The van der Waals surface area contributed by atoms with Crippen molar-refractivity contribution in [3.05, 3.63) is 88.4 Å². The van der Waals surface area contributed by atoms with Crippen LogP contribution in [-0.4, -0.2) is 28.0 Å². The Balaban J connectivity index is 1.90. The van der Waals surface area contributed by atoms with Gasteiger partial charge in [-0.3, -0.25) is 9.10 Å². The van der Waals surface area contributed by atoms with Gasteiger partial charge in [-0.2, -0.15) is 0 Å². The first-order chi connectivity index (χ1) is 15.6. The molecule has 1 atom stereocenters. The number of aryl methyl sites for hydroxylation is 2.